The number of carbonyl (C=O) groups is 1. The van der Waals surface area contributed by atoms with Crippen molar-refractivity contribution in [3.63, 3.8) is 0 Å². The summed E-state index contributed by atoms with van der Waals surface area (Å²) in [5.41, 5.74) is 2.58. The van der Waals surface area contributed by atoms with Crippen LogP contribution in [0.4, 0.5) is 11.6 Å². The van der Waals surface area contributed by atoms with Crippen LogP contribution in [0.5, 0.6) is 11.5 Å². The number of halogens is 1. The van der Waals surface area contributed by atoms with Gasteiger partial charge in [0.25, 0.3) is 5.91 Å². The third-order valence-electron chi connectivity index (χ3n) is 5.58. The van der Waals surface area contributed by atoms with E-state index in [-0.39, 0.29) is 12.5 Å². The largest absolute Gasteiger partial charge is 0.490 e. The van der Waals surface area contributed by atoms with Crippen molar-refractivity contribution >= 4 is 29.1 Å². The summed E-state index contributed by atoms with van der Waals surface area (Å²) in [5, 5.41) is 11.3. The van der Waals surface area contributed by atoms with Gasteiger partial charge < -0.3 is 24.8 Å². The number of anilines is 2. The van der Waals surface area contributed by atoms with E-state index < -0.39 is 6.04 Å². The third-order valence-corrected chi connectivity index (χ3v) is 5.82. The first-order chi connectivity index (χ1) is 16.5. The fourth-order valence-electron chi connectivity index (χ4n) is 4.10. The molecule has 0 bridgehead atoms. The number of methoxy groups -OCH3 is 1. The first-order valence-corrected chi connectivity index (χ1v) is 11.3. The summed E-state index contributed by atoms with van der Waals surface area (Å²) in [4.78, 5) is 18.1. The fourth-order valence-corrected chi connectivity index (χ4v) is 4.29. The summed E-state index contributed by atoms with van der Waals surface area (Å²) in [6.07, 6.45) is 0.803. The van der Waals surface area contributed by atoms with Crippen LogP contribution in [0.15, 0.2) is 53.7 Å². The van der Waals surface area contributed by atoms with Gasteiger partial charge in [-0.1, -0.05) is 23.7 Å². The summed E-state index contributed by atoms with van der Waals surface area (Å²) in [5.74, 6) is 2.08. The highest BCUT2D eigenvalue weighted by atomic mass is 35.5. The molecular formula is C24H24ClN5O4. The summed E-state index contributed by atoms with van der Waals surface area (Å²) >= 11 is 6.11. The van der Waals surface area contributed by atoms with Crippen LogP contribution in [-0.4, -0.2) is 41.0 Å². The molecule has 176 valence electrons. The van der Waals surface area contributed by atoms with Gasteiger partial charge in [-0.3, -0.25) is 4.79 Å². The van der Waals surface area contributed by atoms with Crippen LogP contribution in [0.25, 0.3) is 0 Å². The lowest BCUT2D eigenvalue weighted by Crippen LogP contribution is -2.31. The highest BCUT2D eigenvalue weighted by molar-refractivity contribution is 6.31. The summed E-state index contributed by atoms with van der Waals surface area (Å²) in [6.45, 7) is 3.25. The Hall–Kier alpha value is -3.56. The van der Waals surface area contributed by atoms with E-state index >= 15 is 0 Å². The molecule has 1 unspecified atom stereocenters. The molecule has 9 nitrogen and oxygen atoms in total. The highest BCUT2D eigenvalue weighted by Gasteiger charge is 2.35. The molecular weight excluding hydrogens is 458 g/mol. The molecule has 34 heavy (non-hydrogen) atoms. The van der Waals surface area contributed by atoms with E-state index in [0.717, 1.165) is 12.0 Å². The Bertz CT molecular complexity index is 1270. The Kier molecular flexibility index (Phi) is 6.12. The van der Waals surface area contributed by atoms with E-state index in [1.54, 1.807) is 36.1 Å². The number of ether oxygens (including phenoxy) is 3. The van der Waals surface area contributed by atoms with Crippen LogP contribution < -0.4 is 20.1 Å². The maximum absolute atomic E-state index is 13.6. The first-order valence-electron chi connectivity index (χ1n) is 10.9. The van der Waals surface area contributed by atoms with Crippen LogP contribution in [-0.2, 0) is 16.1 Å². The molecule has 3 aromatic rings. The van der Waals surface area contributed by atoms with Gasteiger partial charge in [-0.25, -0.2) is 4.68 Å². The van der Waals surface area contributed by atoms with Gasteiger partial charge >= 0.3 is 0 Å². The number of nitrogens with zero attached hydrogens (tertiary/aromatic N) is 3. The van der Waals surface area contributed by atoms with E-state index in [0.29, 0.717) is 58.5 Å². The lowest BCUT2D eigenvalue weighted by atomic mass is 9.94. The third kappa shape index (κ3) is 4.32. The van der Waals surface area contributed by atoms with Crippen LogP contribution >= 0.6 is 11.6 Å². The zero-order chi connectivity index (χ0) is 23.7. The predicted molar refractivity (Wildman–Crippen MR) is 127 cm³/mol. The molecule has 3 heterocycles. The van der Waals surface area contributed by atoms with E-state index in [1.807, 2.05) is 25.1 Å². The van der Waals surface area contributed by atoms with Gasteiger partial charge in [0.15, 0.2) is 17.3 Å². The zero-order valence-electron chi connectivity index (χ0n) is 18.8. The molecule has 10 heteroatoms. The van der Waals surface area contributed by atoms with Crippen molar-refractivity contribution in [1.82, 2.24) is 14.8 Å². The Morgan fingerprint density at radius 1 is 1.24 bits per heavy atom. The van der Waals surface area contributed by atoms with Gasteiger partial charge in [0, 0.05) is 29.9 Å². The molecule has 1 amide bonds. The number of allylic oxidation sites excluding steroid dienone is 1. The van der Waals surface area contributed by atoms with Crippen LogP contribution in [0, 0.1) is 0 Å². The predicted octanol–water partition coefficient (Wildman–Crippen LogP) is 4.17. The fraction of sp³-hybridized carbons (Fsp3) is 0.292. The molecule has 0 saturated carbocycles. The number of nitrogens with one attached hydrogen (secondary N) is 2. The molecule has 0 aliphatic carbocycles. The molecule has 2 aliphatic rings. The van der Waals surface area contributed by atoms with Gasteiger partial charge in [-0.15, -0.1) is 0 Å². The Morgan fingerprint density at radius 3 is 2.85 bits per heavy atom. The number of amides is 1. The number of aromatic nitrogens is 3. The zero-order valence-corrected chi connectivity index (χ0v) is 19.6. The SMILES string of the molecule is COCc1nc2n(n1)C(c1ccc3c(c1)OCCCO3)C(C(=O)Nc1cccc(Cl)c1)=C(C)N2. The lowest BCUT2D eigenvalue weighted by Gasteiger charge is -2.29. The van der Waals surface area contributed by atoms with E-state index in [2.05, 4.69) is 20.7 Å². The summed E-state index contributed by atoms with van der Waals surface area (Å²) < 4.78 is 18.6. The number of carbonyl (C=O) groups excluding carboxylic acids is 1. The van der Waals surface area contributed by atoms with Crippen molar-refractivity contribution in [3.05, 3.63) is 70.1 Å². The molecule has 0 saturated heterocycles. The van der Waals surface area contributed by atoms with Crippen LogP contribution in [0.1, 0.15) is 30.8 Å². The first kappa shape index (κ1) is 22.2. The topological polar surface area (TPSA) is 99.5 Å². The Labute approximate surface area is 201 Å². The monoisotopic (exact) mass is 481 g/mol. The lowest BCUT2D eigenvalue weighted by molar-refractivity contribution is -0.113. The van der Waals surface area contributed by atoms with Crippen molar-refractivity contribution < 1.29 is 19.0 Å². The van der Waals surface area contributed by atoms with Gasteiger partial charge in [-0.2, -0.15) is 10.1 Å². The molecule has 0 radical (unpaired) electrons. The van der Waals surface area contributed by atoms with Gasteiger partial charge in [0.05, 0.1) is 18.8 Å². The Balaban J connectivity index is 1.58. The molecule has 5 rings (SSSR count). The number of hydrogen-bond acceptors (Lipinski definition) is 7. The maximum atomic E-state index is 13.6. The minimum atomic E-state index is -0.550. The average Bonchev–Trinajstić information content (AvgIpc) is 3.05. The normalized spacial score (nSPS) is 17.0. The molecule has 0 spiro atoms. The summed E-state index contributed by atoms with van der Waals surface area (Å²) in [6, 6.07) is 12.2. The standard InChI is InChI=1S/C24H24ClN5O4/c1-14-21(23(31)27-17-6-3-5-16(25)12-17)22(30-24(26-14)28-20(29-30)13-32-2)15-7-8-18-19(11-15)34-10-4-9-33-18/h3,5-8,11-12,22H,4,9-10,13H2,1-2H3,(H,27,31)(H,26,28,29). The number of rotatable bonds is 5. The number of benzene rings is 2. The molecule has 1 atom stereocenters. The molecule has 1 aromatic heterocycles. The second kappa shape index (κ2) is 9.36. The average molecular weight is 482 g/mol. The van der Waals surface area contributed by atoms with Crippen molar-refractivity contribution in [2.24, 2.45) is 0 Å². The second-order valence-electron chi connectivity index (χ2n) is 8.02. The summed E-state index contributed by atoms with van der Waals surface area (Å²) in [7, 11) is 1.59. The number of hydrogen-bond donors (Lipinski definition) is 2. The highest BCUT2D eigenvalue weighted by Crippen LogP contribution is 2.39. The number of fused-ring (bicyclic) bond motifs is 2. The molecule has 2 N–H and O–H groups in total. The minimum absolute atomic E-state index is 0.249. The second-order valence-corrected chi connectivity index (χ2v) is 8.45. The Morgan fingerprint density at radius 2 is 2.06 bits per heavy atom. The van der Waals surface area contributed by atoms with Gasteiger partial charge in [0.1, 0.15) is 12.6 Å². The van der Waals surface area contributed by atoms with E-state index in [9.17, 15) is 4.79 Å². The molecule has 2 aliphatic heterocycles. The van der Waals surface area contributed by atoms with Crippen molar-refractivity contribution in [2.75, 3.05) is 31.0 Å². The van der Waals surface area contributed by atoms with E-state index in [4.69, 9.17) is 25.8 Å². The van der Waals surface area contributed by atoms with Crippen molar-refractivity contribution in [3.8, 4) is 11.5 Å². The van der Waals surface area contributed by atoms with E-state index in [1.165, 1.54) is 0 Å². The van der Waals surface area contributed by atoms with Crippen molar-refractivity contribution in [1.29, 1.82) is 0 Å². The molecule has 2 aromatic carbocycles. The molecule has 0 fully saturated rings. The maximum Gasteiger partial charge on any atom is 0.255 e. The quantitative estimate of drug-likeness (QED) is 0.564. The van der Waals surface area contributed by atoms with Crippen LogP contribution in [0.2, 0.25) is 5.02 Å². The van der Waals surface area contributed by atoms with Gasteiger partial charge in [0.2, 0.25) is 5.95 Å². The minimum Gasteiger partial charge on any atom is -0.490 e. The van der Waals surface area contributed by atoms with Gasteiger partial charge in [-0.05, 0) is 42.8 Å². The van der Waals surface area contributed by atoms with Crippen molar-refractivity contribution in [2.45, 2.75) is 26.0 Å². The smallest absolute Gasteiger partial charge is 0.255 e. The van der Waals surface area contributed by atoms with Crippen LogP contribution in [0.3, 0.4) is 0 Å².